The van der Waals surface area contributed by atoms with Gasteiger partial charge >= 0.3 is 0 Å². The van der Waals surface area contributed by atoms with E-state index in [4.69, 9.17) is 14.2 Å². The van der Waals surface area contributed by atoms with Gasteiger partial charge < -0.3 is 29.7 Å². The zero-order chi connectivity index (χ0) is 23.2. The van der Waals surface area contributed by atoms with Gasteiger partial charge in [-0.25, -0.2) is 0 Å². The fourth-order valence-corrected chi connectivity index (χ4v) is 4.15. The van der Waals surface area contributed by atoms with Crippen LogP contribution in [0.2, 0.25) is 0 Å². The summed E-state index contributed by atoms with van der Waals surface area (Å²) in [6.45, 7) is 7.68. The first-order valence-corrected chi connectivity index (χ1v) is 11.6. The van der Waals surface area contributed by atoms with Gasteiger partial charge in [-0.1, -0.05) is 0 Å². The van der Waals surface area contributed by atoms with Crippen LogP contribution in [-0.2, 0) is 16.0 Å². The summed E-state index contributed by atoms with van der Waals surface area (Å²) in [6, 6.07) is 9.14. The summed E-state index contributed by atoms with van der Waals surface area (Å²) in [5, 5.41) is 5.90. The number of rotatable bonds is 7. The molecule has 0 spiro atoms. The number of fused-ring (bicyclic) bond motifs is 1. The SMILES string of the molecule is CCOc1cc(N2CCOCC2)c(OCC)cc1NC(=O)c1ccc2c(c1)CCCC(=O)N2. The quantitative estimate of drug-likeness (QED) is 0.662. The van der Waals surface area contributed by atoms with E-state index in [0.717, 1.165) is 42.9 Å². The number of hydrogen-bond acceptors (Lipinski definition) is 6. The minimum Gasteiger partial charge on any atom is -0.492 e. The Hall–Kier alpha value is -3.26. The van der Waals surface area contributed by atoms with E-state index in [1.54, 1.807) is 12.1 Å². The fourth-order valence-electron chi connectivity index (χ4n) is 4.15. The van der Waals surface area contributed by atoms with Crippen molar-refractivity contribution in [2.45, 2.75) is 33.1 Å². The molecule has 0 radical (unpaired) electrons. The van der Waals surface area contributed by atoms with Gasteiger partial charge in [0.05, 0.1) is 37.8 Å². The molecule has 0 aromatic heterocycles. The summed E-state index contributed by atoms with van der Waals surface area (Å²) in [6.07, 6.45) is 2.00. The molecule has 176 valence electrons. The van der Waals surface area contributed by atoms with Crippen molar-refractivity contribution < 1.29 is 23.8 Å². The van der Waals surface area contributed by atoms with Crippen LogP contribution in [0.1, 0.15) is 42.6 Å². The van der Waals surface area contributed by atoms with Crippen LogP contribution < -0.4 is 25.0 Å². The van der Waals surface area contributed by atoms with E-state index in [0.29, 0.717) is 55.6 Å². The first kappa shape index (κ1) is 22.9. The molecule has 4 rings (SSSR count). The molecule has 2 aliphatic rings. The van der Waals surface area contributed by atoms with Crippen molar-refractivity contribution in [2.75, 3.05) is 55.1 Å². The van der Waals surface area contributed by atoms with Crippen LogP contribution >= 0.6 is 0 Å². The number of ether oxygens (including phenoxy) is 3. The number of carbonyl (C=O) groups excluding carboxylic acids is 2. The van der Waals surface area contributed by atoms with Crippen molar-refractivity contribution >= 4 is 28.9 Å². The monoisotopic (exact) mass is 453 g/mol. The molecule has 0 bridgehead atoms. The van der Waals surface area contributed by atoms with Gasteiger partial charge in [0.15, 0.2) is 0 Å². The molecule has 2 aliphatic heterocycles. The van der Waals surface area contributed by atoms with Crippen molar-refractivity contribution in [1.82, 2.24) is 0 Å². The molecule has 8 nitrogen and oxygen atoms in total. The Balaban J connectivity index is 1.62. The standard InChI is InChI=1S/C25H31N3O5/c1-3-32-22-16-21(28-10-12-31-13-11-28)23(33-4-2)15-20(22)27-25(30)18-8-9-19-17(14-18)6-5-7-24(29)26-19/h8-9,14-16H,3-7,10-13H2,1-2H3,(H,26,29)(H,27,30). The van der Waals surface area contributed by atoms with Gasteiger partial charge in [-0.2, -0.15) is 0 Å². The van der Waals surface area contributed by atoms with Crippen LogP contribution in [0.15, 0.2) is 30.3 Å². The largest absolute Gasteiger partial charge is 0.492 e. The molecule has 0 saturated carbocycles. The Labute approximate surface area is 194 Å². The average Bonchev–Trinajstić information content (AvgIpc) is 3.01. The van der Waals surface area contributed by atoms with Crippen LogP contribution in [0.3, 0.4) is 0 Å². The van der Waals surface area contributed by atoms with E-state index in [2.05, 4.69) is 15.5 Å². The summed E-state index contributed by atoms with van der Waals surface area (Å²) in [7, 11) is 0. The number of nitrogens with one attached hydrogen (secondary N) is 2. The third kappa shape index (κ3) is 5.39. The van der Waals surface area contributed by atoms with Crippen LogP contribution in [0.4, 0.5) is 17.1 Å². The lowest BCUT2D eigenvalue weighted by atomic mass is 10.0. The highest BCUT2D eigenvalue weighted by molar-refractivity contribution is 6.06. The zero-order valence-electron chi connectivity index (χ0n) is 19.2. The number of nitrogens with zero attached hydrogens (tertiary/aromatic N) is 1. The number of hydrogen-bond donors (Lipinski definition) is 2. The van der Waals surface area contributed by atoms with Crippen LogP contribution in [0.25, 0.3) is 0 Å². The second kappa shape index (κ2) is 10.6. The number of aryl methyl sites for hydroxylation is 1. The van der Waals surface area contributed by atoms with Crippen LogP contribution in [0.5, 0.6) is 11.5 Å². The van der Waals surface area contributed by atoms with Gasteiger partial charge in [0.2, 0.25) is 5.91 Å². The number of morpholine rings is 1. The number of benzene rings is 2. The lowest BCUT2D eigenvalue weighted by molar-refractivity contribution is -0.116. The zero-order valence-corrected chi connectivity index (χ0v) is 19.2. The molecule has 2 aromatic carbocycles. The molecule has 2 N–H and O–H groups in total. The maximum absolute atomic E-state index is 13.1. The molecule has 8 heteroatoms. The topological polar surface area (TPSA) is 89.1 Å². The Morgan fingerprint density at radius 1 is 1.06 bits per heavy atom. The molecule has 2 aromatic rings. The van der Waals surface area contributed by atoms with Crippen LogP contribution in [0, 0.1) is 0 Å². The maximum atomic E-state index is 13.1. The van der Waals surface area contributed by atoms with E-state index in [-0.39, 0.29) is 11.8 Å². The first-order valence-electron chi connectivity index (χ1n) is 11.6. The van der Waals surface area contributed by atoms with Crippen LogP contribution in [-0.4, -0.2) is 51.3 Å². The Kier molecular flexibility index (Phi) is 7.34. The van der Waals surface area contributed by atoms with Crippen molar-refractivity contribution in [3.8, 4) is 11.5 Å². The molecule has 2 amide bonds. The number of carbonyl (C=O) groups is 2. The van der Waals surface area contributed by atoms with E-state index >= 15 is 0 Å². The molecule has 0 aliphatic carbocycles. The minimum absolute atomic E-state index is 0.0103. The van der Waals surface area contributed by atoms with E-state index < -0.39 is 0 Å². The van der Waals surface area contributed by atoms with E-state index in [1.165, 1.54) is 0 Å². The predicted molar refractivity (Wildman–Crippen MR) is 128 cm³/mol. The minimum atomic E-state index is -0.240. The predicted octanol–water partition coefficient (Wildman–Crippen LogP) is 3.85. The van der Waals surface area contributed by atoms with E-state index in [1.807, 2.05) is 32.0 Å². The summed E-state index contributed by atoms with van der Waals surface area (Å²) < 4.78 is 17.3. The summed E-state index contributed by atoms with van der Waals surface area (Å²) in [4.78, 5) is 27.2. The van der Waals surface area contributed by atoms with E-state index in [9.17, 15) is 9.59 Å². The van der Waals surface area contributed by atoms with Crippen molar-refractivity contribution in [1.29, 1.82) is 0 Å². The highest BCUT2D eigenvalue weighted by atomic mass is 16.5. The molecule has 33 heavy (non-hydrogen) atoms. The highest BCUT2D eigenvalue weighted by Gasteiger charge is 2.21. The summed E-state index contributed by atoms with van der Waals surface area (Å²) >= 11 is 0. The number of amides is 2. The van der Waals surface area contributed by atoms with Crippen molar-refractivity contribution in [3.63, 3.8) is 0 Å². The van der Waals surface area contributed by atoms with Crippen molar-refractivity contribution in [3.05, 3.63) is 41.5 Å². The van der Waals surface area contributed by atoms with Gasteiger partial charge in [0, 0.05) is 42.9 Å². The lowest BCUT2D eigenvalue weighted by Crippen LogP contribution is -2.36. The summed E-state index contributed by atoms with van der Waals surface area (Å²) in [5.41, 5.74) is 3.77. The Morgan fingerprint density at radius 2 is 1.82 bits per heavy atom. The first-order chi connectivity index (χ1) is 16.1. The Morgan fingerprint density at radius 3 is 2.58 bits per heavy atom. The third-order valence-electron chi connectivity index (χ3n) is 5.75. The molecule has 1 fully saturated rings. The van der Waals surface area contributed by atoms with Gasteiger partial charge in [-0.3, -0.25) is 9.59 Å². The molecular formula is C25H31N3O5. The molecule has 0 atom stereocenters. The second-order valence-electron chi connectivity index (χ2n) is 8.01. The second-order valence-corrected chi connectivity index (χ2v) is 8.01. The summed E-state index contributed by atoms with van der Waals surface area (Å²) in [5.74, 6) is 1.06. The van der Waals surface area contributed by atoms with Crippen molar-refractivity contribution in [2.24, 2.45) is 0 Å². The highest BCUT2D eigenvalue weighted by Crippen LogP contribution is 2.39. The third-order valence-corrected chi connectivity index (χ3v) is 5.75. The molecule has 0 unspecified atom stereocenters. The maximum Gasteiger partial charge on any atom is 0.255 e. The fraction of sp³-hybridized carbons (Fsp3) is 0.440. The van der Waals surface area contributed by atoms with Gasteiger partial charge in [-0.05, 0) is 50.5 Å². The lowest BCUT2D eigenvalue weighted by Gasteiger charge is -2.31. The molecule has 2 heterocycles. The smallest absolute Gasteiger partial charge is 0.255 e. The molecule has 1 saturated heterocycles. The van der Waals surface area contributed by atoms with Gasteiger partial charge in [-0.15, -0.1) is 0 Å². The number of anilines is 3. The Bertz CT molecular complexity index is 1020. The normalized spacial score (nSPS) is 15.8. The molecular weight excluding hydrogens is 422 g/mol. The van der Waals surface area contributed by atoms with Gasteiger partial charge in [0.25, 0.3) is 5.91 Å². The van der Waals surface area contributed by atoms with Gasteiger partial charge in [0.1, 0.15) is 11.5 Å². The average molecular weight is 454 g/mol.